The minimum absolute atomic E-state index is 0.0392. The van der Waals surface area contributed by atoms with Crippen LogP contribution in [0.15, 0.2) is 59.5 Å². The van der Waals surface area contributed by atoms with Crippen molar-refractivity contribution in [3.63, 3.8) is 0 Å². The van der Waals surface area contributed by atoms with Gasteiger partial charge in [-0.25, -0.2) is 8.42 Å². The molecule has 31 heavy (non-hydrogen) atoms. The van der Waals surface area contributed by atoms with Crippen molar-refractivity contribution in [2.45, 2.75) is 25.3 Å². The fourth-order valence-electron chi connectivity index (χ4n) is 3.28. The number of para-hydroxylation sites is 1. The number of fused-ring (bicyclic) bond motifs is 1. The summed E-state index contributed by atoms with van der Waals surface area (Å²) in [5.41, 5.74) is 2.16. The van der Waals surface area contributed by atoms with Gasteiger partial charge in [0, 0.05) is 10.4 Å². The van der Waals surface area contributed by atoms with Gasteiger partial charge in [-0.1, -0.05) is 42.8 Å². The predicted molar refractivity (Wildman–Crippen MR) is 125 cm³/mol. The Balaban J connectivity index is 1.64. The van der Waals surface area contributed by atoms with Crippen molar-refractivity contribution in [3.8, 4) is 0 Å². The molecule has 4 rings (SSSR count). The first-order valence-electron chi connectivity index (χ1n) is 9.63. The minimum Gasteiger partial charge on any atom is -0.320 e. The highest BCUT2D eigenvalue weighted by Gasteiger charge is 2.20. The van der Waals surface area contributed by atoms with Gasteiger partial charge >= 0.3 is 0 Å². The second-order valence-electron chi connectivity index (χ2n) is 7.05. The number of rotatable bonds is 6. The normalized spacial score (nSPS) is 11.7. The van der Waals surface area contributed by atoms with Crippen molar-refractivity contribution in [3.05, 3.63) is 75.8 Å². The average Bonchev–Trinajstić information content (AvgIpc) is 3.31. The molecule has 0 atom stereocenters. The molecular weight excluding hydrogens is 454 g/mol. The van der Waals surface area contributed by atoms with E-state index >= 15 is 0 Å². The molecule has 0 aliphatic heterocycles. The monoisotopic (exact) mass is 473 g/mol. The van der Waals surface area contributed by atoms with E-state index in [2.05, 4.69) is 10.4 Å². The standard InChI is InChI=1S/C22H20ClN3O3S2/c1-3-31(28,29)20-7-5-4-6-18(20)24-21(27)19-12-17-14(2)25-26(22(17)30-19)13-15-8-10-16(23)11-9-15/h4-12H,3,13H2,1-2H3,(H,24,27). The molecule has 0 spiro atoms. The van der Waals surface area contributed by atoms with Crippen LogP contribution in [-0.4, -0.2) is 29.9 Å². The molecular formula is C22H20ClN3O3S2. The van der Waals surface area contributed by atoms with Crippen molar-refractivity contribution in [2.24, 2.45) is 0 Å². The number of aromatic nitrogens is 2. The summed E-state index contributed by atoms with van der Waals surface area (Å²) >= 11 is 7.29. The van der Waals surface area contributed by atoms with E-state index in [9.17, 15) is 13.2 Å². The minimum atomic E-state index is -3.46. The maximum atomic E-state index is 12.9. The molecule has 0 unspecified atom stereocenters. The number of benzene rings is 2. The summed E-state index contributed by atoms with van der Waals surface area (Å²) in [7, 11) is -3.46. The lowest BCUT2D eigenvalue weighted by Crippen LogP contribution is -2.14. The average molecular weight is 474 g/mol. The highest BCUT2D eigenvalue weighted by molar-refractivity contribution is 7.91. The molecule has 0 fully saturated rings. The molecule has 1 amide bonds. The van der Waals surface area contributed by atoms with Crippen LogP contribution >= 0.6 is 22.9 Å². The van der Waals surface area contributed by atoms with Gasteiger partial charge in [0.15, 0.2) is 9.84 Å². The van der Waals surface area contributed by atoms with Crippen molar-refractivity contribution in [1.29, 1.82) is 0 Å². The molecule has 0 saturated carbocycles. The van der Waals surface area contributed by atoms with Crippen LogP contribution in [-0.2, 0) is 16.4 Å². The number of nitrogens with zero attached hydrogens (tertiary/aromatic N) is 2. The Bertz CT molecular complexity index is 1370. The lowest BCUT2D eigenvalue weighted by molar-refractivity contribution is 0.103. The number of hydrogen-bond acceptors (Lipinski definition) is 5. The summed E-state index contributed by atoms with van der Waals surface area (Å²) in [6.07, 6.45) is 0. The van der Waals surface area contributed by atoms with E-state index < -0.39 is 9.84 Å². The molecule has 2 heterocycles. The van der Waals surface area contributed by atoms with Crippen molar-refractivity contribution >= 4 is 54.6 Å². The van der Waals surface area contributed by atoms with E-state index in [0.29, 0.717) is 16.4 Å². The van der Waals surface area contributed by atoms with Crippen LogP contribution in [0.25, 0.3) is 10.2 Å². The number of anilines is 1. The van der Waals surface area contributed by atoms with Gasteiger partial charge in [-0.2, -0.15) is 5.10 Å². The Hall–Kier alpha value is -2.68. The quantitative estimate of drug-likeness (QED) is 0.419. The van der Waals surface area contributed by atoms with Gasteiger partial charge in [-0.05, 0) is 42.8 Å². The van der Waals surface area contributed by atoms with Gasteiger partial charge in [0.25, 0.3) is 5.91 Å². The highest BCUT2D eigenvalue weighted by Crippen LogP contribution is 2.30. The molecule has 2 aromatic heterocycles. The van der Waals surface area contributed by atoms with Crippen LogP contribution < -0.4 is 5.32 Å². The Morgan fingerprint density at radius 1 is 1.16 bits per heavy atom. The third kappa shape index (κ3) is 4.37. The molecule has 160 valence electrons. The van der Waals surface area contributed by atoms with E-state index in [1.807, 2.05) is 35.9 Å². The van der Waals surface area contributed by atoms with Crippen LogP contribution in [0.1, 0.15) is 27.9 Å². The van der Waals surface area contributed by atoms with Crippen molar-refractivity contribution in [1.82, 2.24) is 9.78 Å². The zero-order valence-electron chi connectivity index (χ0n) is 16.9. The topological polar surface area (TPSA) is 81.1 Å². The zero-order chi connectivity index (χ0) is 22.2. The van der Waals surface area contributed by atoms with Gasteiger partial charge in [0.2, 0.25) is 0 Å². The molecule has 6 nitrogen and oxygen atoms in total. The number of sulfone groups is 1. The molecule has 4 aromatic rings. The number of hydrogen-bond donors (Lipinski definition) is 1. The lowest BCUT2D eigenvalue weighted by atomic mass is 10.2. The number of amides is 1. The predicted octanol–water partition coefficient (Wildman–Crippen LogP) is 5.15. The third-order valence-corrected chi connectivity index (χ3v) is 8.11. The number of halogens is 1. The van der Waals surface area contributed by atoms with Crippen molar-refractivity contribution < 1.29 is 13.2 Å². The summed E-state index contributed by atoms with van der Waals surface area (Å²) in [6.45, 7) is 4.04. The Morgan fingerprint density at radius 2 is 1.87 bits per heavy atom. The maximum Gasteiger partial charge on any atom is 0.265 e. The van der Waals surface area contributed by atoms with Gasteiger partial charge in [-0.15, -0.1) is 11.3 Å². The first kappa shape index (κ1) is 21.5. The zero-order valence-corrected chi connectivity index (χ0v) is 19.3. The number of aryl methyl sites for hydroxylation is 1. The Morgan fingerprint density at radius 3 is 2.58 bits per heavy atom. The fraction of sp³-hybridized carbons (Fsp3) is 0.182. The molecule has 0 radical (unpaired) electrons. The third-order valence-electron chi connectivity index (χ3n) is 4.93. The summed E-state index contributed by atoms with van der Waals surface area (Å²) in [6, 6.07) is 15.8. The molecule has 9 heteroatoms. The molecule has 0 bridgehead atoms. The smallest absolute Gasteiger partial charge is 0.265 e. The van der Waals surface area contributed by atoms with Gasteiger partial charge in [0.1, 0.15) is 4.83 Å². The van der Waals surface area contributed by atoms with Gasteiger partial charge in [-0.3, -0.25) is 9.48 Å². The summed E-state index contributed by atoms with van der Waals surface area (Å²) in [5.74, 6) is -0.389. The van der Waals surface area contributed by atoms with Crippen LogP contribution in [0.5, 0.6) is 0 Å². The van der Waals surface area contributed by atoms with Crippen LogP contribution in [0.2, 0.25) is 5.02 Å². The number of carbonyl (C=O) groups excluding carboxylic acids is 1. The Labute approximate surface area is 189 Å². The summed E-state index contributed by atoms with van der Waals surface area (Å²) in [4.78, 5) is 14.4. The van der Waals surface area contributed by atoms with E-state index in [0.717, 1.165) is 21.5 Å². The fourth-order valence-corrected chi connectivity index (χ4v) is 5.51. The second-order valence-corrected chi connectivity index (χ2v) is 10.8. The van der Waals surface area contributed by atoms with E-state index in [-0.39, 0.29) is 22.2 Å². The van der Waals surface area contributed by atoms with Crippen molar-refractivity contribution in [2.75, 3.05) is 11.1 Å². The first-order chi connectivity index (χ1) is 14.8. The number of carbonyl (C=O) groups is 1. The molecule has 1 N–H and O–H groups in total. The molecule has 2 aromatic carbocycles. The largest absolute Gasteiger partial charge is 0.320 e. The van der Waals surface area contributed by atoms with Gasteiger partial charge in [0.05, 0.1) is 33.5 Å². The lowest BCUT2D eigenvalue weighted by Gasteiger charge is -2.10. The SMILES string of the molecule is CCS(=O)(=O)c1ccccc1NC(=O)c1cc2c(C)nn(Cc3ccc(Cl)cc3)c2s1. The number of nitrogens with one attached hydrogen (secondary N) is 1. The van der Waals surface area contributed by atoms with E-state index in [4.69, 9.17) is 11.6 Å². The van der Waals surface area contributed by atoms with Crippen LogP contribution in [0.3, 0.4) is 0 Å². The highest BCUT2D eigenvalue weighted by atomic mass is 35.5. The van der Waals surface area contributed by atoms with Crippen LogP contribution in [0, 0.1) is 6.92 Å². The molecule has 0 aliphatic rings. The molecule has 0 aliphatic carbocycles. The summed E-state index contributed by atoms with van der Waals surface area (Å²) in [5, 5.41) is 8.93. The number of thiophene rings is 1. The van der Waals surface area contributed by atoms with E-state index in [1.54, 1.807) is 31.2 Å². The first-order valence-corrected chi connectivity index (χ1v) is 12.5. The molecule has 0 saturated heterocycles. The maximum absolute atomic E-state index is 12.9. The second kappa shape index (κ2) is 8.45. The summed E-state index contributed by atoms with van der Waals surface area (Å²) < 4.78 is 26.6. The Kier molecular flexibility index (Phi) is 5.88. The van der Waals surface area contributed by atoms with Crippen LogP contribution in [0.4, 0.5) is 5.69 Å². The van der Waals surface area contributed by atoms with Gasteiger partial charge < -0.3 is 5.32 Å². The van der Waals surface area contributed by atoms with E-state index in [1.165, 1.54) is 17.4 Å².